The molecular weight excluding hydrogens is 201 g/mol. The Morgan fingerprint density at radius 2 is 1.79 bits per heavy atom. The van der Waals surface area contributed by atoms with E-state index < -0.39 is 5.79 Å². The molecule has 0 radical (unpaired) electrons. The summed E-state index contributed by atoms with van der Waals surface area (Å²) < 4.78 is 10.2. The number of hydrogen-bond donors (Lipinski definition) is 1. The monoisotopic (exact) mass is 225 g/mol. The quantitative estimate of drug-likeness (QED) is 0.321. The van der Waals surface area contributed by atoms with Crippen molar-refractivity contribution >= 4 is 16.2 Å². The van der Waals surface area contributed by atoms with Crippen LogP contribution in [0.5, 0.6) is 0 Å². The molecule has 5 heteroatoms. The van der Waals surface area contributed by atoms with Crippen molar-refractivity contribution in [3.63, 3.8) is 0 Å². The van der Waals surface area contributed by atoms with E-state index in [0.717, 1.165) is 6.29 Å². The Hall–Kier alpha value is -0.0200. The van der Waals surface area contributed by atoms with E-state index in [1.54, 1.807) is 13.8 Å². The highest BCUT2D eigenvalue weighted by molar-refractivity contribution is 6.92. The highest BCUT2D eigenvalue weighted by atomic mass is 31.0. The van der Waals surface area contributed by atoms with Crippen LogP contribution in [0.1, 0.15) is 34.1 Å². The van der Waals surface area contributed by atoms with Gasteiger partial charge in [0.2, 0.25) is 0 Å². The Balaban J connectivity index is -0.000000376. The van der Waals surface area contributed by atoms with Gasteiger partial charge in [-0.3, -0.25) is 0 Å². The number of aldehydes is 1. The third-order valence-electron chi connectivity index (χ3n) is 1.12. The Morgan fingerprint density at radius 3 is 2.14 bits per heavy atom. The summed E-state index contributed by atoms with van der Waals surface area (Å²) in [4.78, 5) is 9.90. The summed E-state index contributed by atoms with van der Waals surface area (Å²) in [5.74, 6) is -0.683. The second-order valence-electron chi connectivity index (χ2n) is 2.51. The van der Waals surface area contributed by atoms with Crippen LogP contribution in [0.2, 0.25) is 0 Å². The highest BCUT2D eigenvalue weighted by Crippen LogP contribution is 2.09. The molecule has 0 aliphatic carbocycles. The van der Waals surface area contributed by atoms with E-state index in [4.69, 9.17) is 15.2 Å². The summed E-state index contributed by atoms with van der Waals surface area (Å²) in [6, 6.07) is 0. The third kappa shape index (κ3) is 14.5. The topological polar surface area (TPSA) is 61.6 Å². The lowest BCUT2D eigenvalue weighted by molar-refractivity contribution is -0.211. The standard InChI is InChI=1S/C7H15NO3.C2H6.H3P/c1-7(2,11-6-8)10-5-3-4-9;1-2;/h4H,3,5-6,8H2,1-2H3;1-2H3;1H3. The van der Waals surface area contributed by atoms with Crippen molar-refractivity contribution in [1.29, 1.82) is 0 Å². The van der Waals surface area contributed by atoms with Gasteiger partial charge in [0.05, 0.1) is 13.3 Å². The molecule has 0 bridgehead atoms. The van der Waals surface area contributed by atoms with Crippen molar-refractivity contribution in [3.05, 3.63) is 0 Å². The molecule has 0 saturated carbocycles. The molecule has 1 unspecified atom stereocenters. The molecule has 0 spiro atoms. The molecule has 0 amide bonds. The minimum absolute atomic E-state index is 0. The van der Waals surface area contributed by atoms with Crippen molar-refractivity contribution in [3.8, 4) is 0 Å². The molecule has 14 heavy (non-hydrogen) atoms. The average Bonchev–Trinajstić information content (AvgIpc) is 2.08. The van der Waals surface area contributed by atoms with Gasteiger partial charge in [-0.25, -0.2) is 0 Å². The molecule has 0 aromatic rings. The predicted molar refractivity (Wildman–Crippen MR) is 63.3 cm³/mol. The maximum absolute atomic E-state index is 9.90. The van der Waals surface area contributed by atoms with E-state index in [-0.39, 0.29) is 16.6 Å². The van der Waals surface area contributed by atoms with E-state index in [0.29, 0.717) is 13.0 Å². The molecule has 0 saturated heterocycles. The van der Waals surface area contributed by atoms with E-state index in [2.05, 4.69) is 0 Å². The van der Waals surface area contributed by atoms with Gasteiger partial charge in [0.15, 0.2) is 5.79 Å². The van der Waals surface area contributed by atoms with Crippen LogP contribution in [0.3, 0.4) is 0 Å². The zero-order chi connectivity index (χ0) is 10.7. The first-order valence-electron chi connectivity index (χ1n) is 4.54. The molecule has 4 nitrogen and oxygen atoms in total. The second-order valence-corrected chi connectivity index (χ2v) is 2.51. The van der Waals surface area contributed by atoms with Gasteiger partial charge in [-0.1, -0.05) is 13.8 Å². The van der Waals surface area contributed by atoms with Gasteiger partial charge in [-0.15, -0.1) is 0 Å². The smallest absolute Gasteiger partial charge is 0.164 e. The molecule has 0 aromatic heterocycles. The maximum atomic E-state index is 9.90. The van der Waals surface area contributed by atoms with E-state index in [1.807, 2.05) is 13.8 Å². The number of rotatable bonds is 6. The lowest BCUT2D eigenvalue weighted by Crippen LogP contribution is -2.31. The molecule has 0 aliphatic rings. The van der Waals surface area contributed by atoms with Crippen LogP contribution in [0.25, 0.3) is 0 Å². The second kappa shape index (κ2) is 13.0. The minimum Gasteiger partial charge on any atom is -0.350 e. The van der Waals surface area contributed by atoms with Crippen LogP contribution < -0.4 is 5.73 Å². The van der Waals surface area contributed by atoms with E-state index in [9.17, 15) is 4.79 Å². The van der Waals surface area contributed by atoms with Crippen LogP contribution >= 0.6 is 9.90 Å². The van der Waals surface area contributed by atoms with Crippen molar-refractivity contribution in [2.24, 2.45) is 5.73 Å². The van der Waals surface area contributed by atoms with Gasteiger partial charge in [0.25, 0.3) is 0 Å². The zero-order valence-electron chi connectivity index (χ0n) is 9.71. The summed E-state index contributed by atoms with van der Waals surface area (Å²) in [5.41, 5.74) is 5.15. The fraction of sp³-hybridized carbons (Fsp3) is 0.889. The molecule has 0 aliphatic heterocycles. The SMILES string of the molecule is CC.CC(C)(OCN)OCCC=O.P. The molecule has 0 heterocycles. The van der Waals surface area contributed by atoms with Gasteiger partial charge < -0.3 is 20.0 Å². The lowest BCUT2D eigenvalue weighted by Gasteiger charge is -2.24. The number of hydrogen-bond acceptors (Lipinski definition) is 4. The molecule has 2 N–H and O–H groups in total. The van der Waals surface area contributed by atoms with Gasteiger partial charge in [0, 0.05) is 6.42 Å². The van der Waals surface area contributed by atoms with E-state index >= 15 is 0 Å². The summed E-state index contributed by atoms with van der Waals surface area (Å²) in [6.45, 7) is 8.00. The van der Waals surface area contributed by atoms with Crippen LogP contribution in [-0.4, -0.2) is 25.4 Å². The number of carbonyl (C=O) groups excluding carboxylic acids is 1. The number of nitrogens with two attached hydrogens (primary N) is 1. The largest absolute Gasteiger partial charge is 0.350 e. The van der Waals surface area contributed by atoms with Gasteiger partial charge in [-0.05, 0) is 13.8 Å². The zero-order valence-corrected chi connectivity index (χ0v) is 11.1. The van der Waals surface area contributed by atoms with Crippen molar-refractivity contribution < 1.29 is 14.3 Å². The Bertz CT molecular complexity index is 121. The van der Waals surface area contributed by atoms with E-state index in [1.165, 1.54) is 0 Å². The van der Waals surface area contributed by atoms with Crippen molar-refractivity contribution in [2.75, 3.05) is 13.3 Å². The average molecular weight is 225 g/mol. The lowest BCUT2D eigenvalue weighted by atomic mass is 10.4. The molecule has 0 fully saturated rings. The Labute approximate surface area is 90.1 Å². The first-order chi connectivity index (χ1) is 6.12. The normalized spacial score (nSPS) is 9.50. The Kier molecular flexibility index (Phi) is 18.1. The Morgan fingerprint density at radius 1 is 1.29 bits per heavy atom. The summed E-state index contributed by atoms with van der Waals surface area (Å²) in [6.07, 6.45) is 1.19. The van der Waals surface area contributed by atoms with Crippen LogP contribution in [0.15, 0.2) is 0 Å². The molecule has 0 aromatic carbocycles. The van der Waals surface area contributed by atoms with Crippen molar-refractivity contribution in [2.45, 2.75) is 39.9 Å². The van der Waals surface area contributed by atoms with Crippen LogP contribution in [0, 0.1) is 0 Å². The maximum Gasteiger partial charge on any atom is 0.164 e. The molecule has 88 valence electrons. The number of carbonyl (C=O) groups is 1. The van der Waals surface area contributed by atoms with Gasteiger partial charge >= 0.3 is 0 Å². The molecule has 0 rings (SSSR count). The molecule has 1 atom stereocenters. The van der Waals surface area contributed by atoms with Crippen LogP contribution in [0.4, 0.5) is 0 Å². The fourth-order valence-corrected chi connectivity index (χ4v) is 0.595. The first kappa shape index (κ1) is 19.5. The molecular formula is C9H24NO3P. The summed E-state index contributed by atoms with van der Waals surface area (Å²) in [7, 11) is 0. The first-order valence-corrected chi connectivity index (χ1v) is 4.54. The van der Waals surface area contributed by atoms with Gasteiger partial charge in [-0.2, -0.15) is 9.90 Å². The van der Waals surface area contributed by atoms with Crippen LogP contribution in [-0.2, 0) is 14.3 Å². The predicted octanol–water partition coefficient (Wildman–Crippen LogP) is 1.35. The minimum atomic E-state index is -0.683. The third-order valence-corrected chi connectivity index (χ3v) is 1.12. The number of ether oxygens (including phenoxy) is 2. The van der Waals surface area contributed by atoms with Gasteiger partial charge in [0.1, 0.15) is 6.29 Å². The summed E-state index contributed by atoms with van der Waals surface area (Å²) >= 11 is 0. The highest BCUT2D eigenvalue weighted by Gasteiger charge is 2.16. The fourth-order valence-electron chi connectivity index (χ4n) is 0.595. The summed E-state index contributed by atoms with van der Waals surface area (Å²) in [5, 5.41) is 0. The van der Waals surface area contributed by atoms with Crippen molar-refractivity contribution in [1.82, 2.24) is 0 Å².